The highest BCUT2D eigenvalue weighted by molar-refractivity contribution is 8.02. The van der Waals surface area contributed by atoms with Crippen LogP contribution in [0.15, 0.2) is 25.3 Å². The van der Waals surface area contributed by atoms with Gasteiger partial charge < -0.3 is 19.8 Å². The second kappa shape index (κ2) is 11.7. The number of hydrogen-bond donors (Lipinski definition) is 1. The highest BCUT2D eigenvalue weighted by Gasteiger charge is 2.74. The van der Waals surface area contributed by atoms with Gasteiger partial charge in [-0.15, -0.1) is 24.9 Å². The van der Waals surface area contributed by atoms with Crippen LogP contribution >= 0.6 is 11.8 Å². The number of likely N-dealkylation sites (tertiary alicyclic amines) is 1. The van der Waals surface area contributed by atoms with Crippen LogP contribution in [0, 0.1) is 17.8 Å². The molecule has 0 aromatic rings. The molecule has 3 aliphatic rings. The van der Waals surface area contributed by atoms with Crippen molar-refractivity contribution in [1.29, 1.82) is 0 Å². The van der Waals surface area contributed by atoms with Crippen LogP contribution in [0.1, 0.15) is 59.8 Å². The number of hydrogen-bond acceptors (Lipinski definition) is 5. The minimum atomic E-state index is -0.692. The van der Waals surface area contributed by atoms with Crippen LogP contribution in [-0.4, -0.2) is 92.4 Å². The van der Waals surface area contributed by atoms with Crippen LogP contribution in [0.25, 0.3) is 0 Å². The molecule has 7 atom stereocenters. The highest BCUT2D eigenvalue weighted by Crippen LogP contribution is 2.67. The van der Waals surface area contributed by atoms with E-state index in [4.69, 9.17) is 0 Å². The summed E-state index contributed by atoms with van der Waals surface area (Å²) in [5.41, 5.74) is 0. The molecule has 3 amide bonds. The minimum absolute atomic E-state index is 0.00494. The van der Waals surface area contributed by atoms with Crippen LogP contribution in [0.3, 0.4) is 0 Å². The van der Waals surface area contributed by atoms with Gasteiger partial charge in [-0.2, -0.15) is 0 Å². The maximum Gasteiger partial charge on any atom is 0.247 e. The van der Waals surface area contributed by atoms with Crippen molar-refractivity contribution in [3.63, 3.8) is 0 Å². The first-order valence-electron chi connectivity index (χ1n) is 13.5. The lowest BCUT2D eigenvalue weighted by Gasteiger charge is -2.41. The van der Waals surface area contributed by atoms with Gasteiger partial charge in [0.2, 0.25) is 17.7 Å². The molecule has 8 heteroatoms. The van der Waals surface area contributed by atoms with Gasteiger partial charge in [-0.05, 0) is 38.5 Å². The number of rotatable bonds is 13. The Morgan fingerprint density at radius 2 is 1.89 bits per heavy atom. The van der Waals surface area contributed by atoms with Gasteiger partial charge in [0, 0.05) is 31.4 Å². The third-order valence-corrected chi connectivity index (χ3v) is 10.2. The number of aliphatic hydroxyl groups excluding tert-OH is 1. The summed E-state index contributed by atoms with van der Waals surface area (Å²) in [7, 11) is 1.75. The van der Waals surface area contributed by atoms with Gasteiger partial charge in [0.25, 0.3) is 0 Å². The van der Waals surface area contributed by atoms with E-state index in [2.05, 4.69) is 40.9 Å². The fraction of sp³-hybridized carbons (Fsp3) is 0.750. The number of amides is 3. The largest absolute Gasteiger partial charge is 0.394 e. The number of likely N-dealkylation sites (N-methyl/N-ethyl adjacent to an activating group) is 1. The number of nitrogens with zero attached hydrogens (tertiary/aromatic N) is 3. The normalized spacial score (nSPS) is 30.3. The van der Waals surface area contributed by atoms with Crippen molar-refractivity contribution in [3.8, 4) is 0 Å². The predicted octanol–water partition coefficient (Wildman–Crippen LogP) is 3.33. The van der Waals surface area contributed by atoms with Crippen molar-refractivity contribution in [1.82, 2.24) is 14.7 Å². The van der Waals surface area contributed by atoms with Gasteiger partial charge in [0.05, 0.1) is 29.2 Å². The van der Waals surface area contributed by atoms with E-state index in [0.29, 0.717) is 19.5 Å². The molecule has 3 heterocycles. The zero-order valence-electron chi connectivity index (χ0n) is 22.7. The number of carbonyl (C=O) groups is 3. The summed E-state index contributed by atoms with van der Waals surface area (Å²) < 4.78 is -0.649. The summed E-state index contributed by atoms with van der Waals surface area (Å²) in [4.78, 5) is 47.5. The summed E-state index contributed by atoms with van der Waals surface area (Å²) in [6.45, 7) is 16.5. The zero-order valence-corrected chi connectivity index (χ0v) is 23.5. The molecule has 0 aromatic heterocycles. The maximum atomic E-state index is 14.4. The van der Waals surface area contributed by atoms with Gasteiger partial charge in [-0.25, -0.2) is 0 Å². The predicted molar refractivity (Wildman–Crippen MR) is 145 cm³/mol. The topological polar surface area (TPSA) is 81.2 Å². The summed E-state index contributed by atoms with van der Waals surface area (Å²) in [6, 6.07) is -1.15. The fourth-order valence-corrected chi connectivity index (χ4v) is 8.95. The van der Waals surface area contributed by atoms with E-state index >= 15 is 0 Å². The van der Waals surface area contributed by atoms with Gasteiger partial charge in [-0.3, -0.25) is 14.4 Å². The summed E-state index contributed by atoms with van der Waals surface area (Å²) in [6.07, 6.45) is 7.37. The molecule has 2 bridgehead atoms. The van der Waals surface area contributed by atoms with Crippen molar-refractivity contribution in [3.05, 3.63) is 25.3 Å². The van der Waals surface area contributed by atoms with Crippen LogP contribution in [-0.2, 0) is 14.4 Å². The van der Waals surface area contributed by atoms with Gasteiger partial charge in [-0.1, -0.05) is 39.3 Å². The first-order valence-corrected chi connectivity index (χ1v) is 14.4. The summed E-state index contributed by atoms with van der Waals surface area (Å²) >= 11 is 1.68. The Morgan fingerprint density at radius 1 is 1.22 bits per heavy atom. The average Bonchev–Trinajstić information content (AvgIpc) is 3.47. The van der Waals surface area contributed by atoms with Crippen LogP contribution in [0.4, 0.5) is 0 Å². The van der Waals surface area contributed by atoms with Crippen molar-refractivity contribution >= 4 is 29.5 Å². The zero-order chi connectivity index (χ0) is 26.8. The van der Waals surface area contributed by atoms with E-state index in [9.17, 15) is 19.5 Å². The van der Waals surface area contributed by atoms with Crippen molar-refractivity contribution < 1.29 is 19.5 Å². The smallest absolute Gasteiger partial charge is 0.247 e. The SMILES string of the molecule is C=CCN(C)C(=O)[C@@H]1[C@H]2C(=O)N([C@@H](CO)CC(C)C)C(C(=O)N(CC=C)C(C)CCC)C23CC[C@H]1S3. The Labute approximate surface area is 221 Å². The Morgan fingerprint density at radius 3 is 2.44 bits per heavy atom. The van der Waals surface area contributed by atoms with Crippen LogP contribution in [0.2, 0.25) is 0 Å². The number of carbonyl (C=O) groups excluding carboxylic acids is 3. The van der Waals surface area contributed by atoms with E-state index in [1.807, 2.05) is 4.90 Å². The molecule has 1 spiro atoms. The number of thioether (sulfide) groups is 1. The third-order valence-electron chi connectivity index (χ3n) is 8.23. The molecule has 0 radical (unpaired) electrons. The van der Waals surface area contributed by atoms with Crippen molar-refractivity contribution in [2.75, 3.05) is 26.7 Å². The van der Waals surface area contributed by atoms with Gasteiger partial charge >= 0.3 is 0 Å². The molecule has 0 saturated carbocycles. The van der Waals surface area contributed by atoms with E-state index in [0.717, 1.165) is 25.7 Å². The Hall–Kier alpha value is -1.80. The van der Waals surface area contributed by atoms with Gasteiger partial charge in [0.15, 0.2) is 0 Å². The van der Waals surface area contributed by atoms with E-state index in [-0.39, 0.29) is 41.5 Å². The lowest BCUT2D eigenvalue weighted by atomic mass is 9.70. The Bertz CT molecular complexity index is 864. The van der Waals surface area contributed by atoms with Crippen LogP contribution in [0.5, 0.6) is 0 Å². The Kier molecular flexibility index (Phi) is 9.36. The highest BCUT2D eigenvalue weighted by atomic mass is 32.2. The minimum Gasteiger partial charge on any atom is -0.394 e. The summed E-state index contributed by atoms with van der Waals surface area (Å²) in [5.74, 6) is -1.03. The Balaban J connectivity index is 2.10. The quantitative estimate of drug-likeness (QED) is 0.378. The first kappa shape index (κ1) is 28.8. The second-order valence-electron chi connectivity index (χ2n) is 11.2. The molecule has 7 nitrogen and oxygen atoms in total. The van der Waals surface area contributed by atoms with Crippen molar-refractivity contribution in [2.45, 2.75) is 87.9 Å². The molecule has 3 aliphatic heterocycles. The molecule has 3 saturated heterocycles. The summed E-state index contributed by atoms with van der Waals surface area (Å²) in [5, 5.41) is 10.4. The molecular formula is C28H45N3O4S. The molecule has 202 valence electrons. The van der Waals surface area contributed by atoms with Gasteiger partial charge in [0.1, 0.15) is 6.04 Å². The number of fused-ring (bicyclic) bond motifs is 1. The van der Waals surface area contributed by atoms with E-state index in [1.165, 1.54) is 0 Å². The monoisotopic (exact) mass is 519 g/mol. The fourth-order valence-electron chi connectivity index (χ4n) is 6.76. The molecule has 3 rings (SSSR count). The molecule has 0 aliphatic carbocycles. The standard InChI is InChI=1S/C28H45N3O4S/c1-8-11-19(6)30(15-10-3)27(35)24-28-13-12-21(36-28)22(25(33)29(7)14-9-2)23(28)26(34)31(24)20(17-32)16-18(4)5/h9-10,18-24,32H,2-3,8,11-17H2,1,4-7H3/t19?,20-,21-,22+,23+,24?,28?/m1/s1. The third kappa shape index (κ3) is 4.87. The van der Waals surface area contributed by atoms with Crippen molar-refractivity contribution in [2.24, 2.45) is 17.8 Å². The maximum absolute atomic E-state index is 14.4. The molecule has 36 heavy (non-hydrogen) atoms. The molecular weight excluding hydrogens is 474 g/mol. The molecule has 1 N–H and O–H groups in total. The average molecular weight is 520 g/mol. The molecule has 3 fully saturated rings. The lowest BCUT2D eigenvalue weighted by Crippen LogP contribution is -2.59. The van der Waals surface area contributed by atoms with E-state index < -0.39 is 28.7 Å². The van der Waals surface area contributed by atoms with Crippen LogP contribution < -0.4 is 0 Å². The molecule has 3 unspecified atom stereocenters. The number of aliphatic hydroxyl groups is 1. The lowest BCUT2D eigenvalue weighted by molar-refractivity contribution is -0.147. The van der Waals surface area contributed by atoms with E-state index in [1.54, 1.807) is 40.8 Å². The molecule has 0 aromatic carbocycles. The second-order valence-corrected chi connectivity index (χ2v) is 12.8. The first-order chi connectivity index (χ1) is 17.1.